The summed E-state index contributed by atoms with van der Waals surface area (Å²) in [4.78, 5) is 13.3. The zero-order valence-electron chi connectivity index (χ0n) is 9.68. The van der Waals surface area contributed by atoms with Gasteiger partial charge in [0.15, 0.2) is 9.84 Å². The Kier molecular flexibility index (Phi) is 4.73. The highest BCUT2D eigenvalue weighted by atomic mass is 32.2. The maximum absolute atomic E-state index is 11.7. The van der Waals surface area contributed by atoms with Crippen LogP contribution in [0, 0.1) is 5.92 Å². The normalized spacial score (nSPS) is 22.1. The van der Waals surface area contributed by atoms with Gasteiger partial charge in [-0.3, -0.25) is 4.79 Å². The number of piperidine rings is 1. The van der Waals surface area contributed by atoms with Crippen LogP contribution in [0.3, 0.4) is 0 Å². The lowest BCUT2D eigenvalue weighted by Gasteiger charge is -2.32. The molecule has 94 valence electrons. The minimum atomic E-state index is -3.22. The lowest BCUT2D eigenvalue weighted by atomic mass is 9.95. The van der Waals surface area contributed by atoms with Crippen molar-refractivity contribution in [3.8, 4) is 0 Å². The van der Waals surface area contributed by atoms with Crippen LogP contribution in [0.5, 0.6) is 0 Å². The van der Waals surface area contributed by atoms with Gasteiger partial charge >= 0.3 is 0 Å². The Labute approximate surface area is 96.9 Å². The molecular weight excluding hydrogens is 228 g/mol. The van der Waals surface area contributed by atoms with Crippen LogP contribution in [0.1, 0.15) is 19.3 Å². The van der Waals surface area contributed by atoms with Crippen LogP contribution < -0.4 is 5.73 Å². The third-order valence-corrected chi connectivity index (χ3v) is 3.60. The second-order valence-corrected chi connectivity index (χ2v) is 6.64. The number of carbonyl (C=O) groups is 1. The van der Waals surface area contributed by atoms with E-state index in [1.807, 2.05) is 0 Å². The van der Waals surface area contributed by atoms with Crippen LogP contribution in [-0.2, 0) is 14.6 Å². The third-order valence-electron chi connectivity index (χ3n) is 2.83. The number of sulfone groups is 1. The summed E-state index contributed by atoms with van der Waals surface area (Å²) in [5, 5.41) is 0. The molecule has 0 aromatic heterocycles. The first-order valence-electron chi connectivity index (χ1n) is 5.58. The Bertz CT molecular complexity index is 338. The van der Waals surface area contributed by atoms with Gasteiger partial charge in [0.2, 0.25) is 5.91 Å². The second kappa shape index (κ2) is 5.63. The monoisotopic (exact) mass is 248 g/mol. The zero-order valence-corrected chi connectivity index (χ0v) is 10.5. The second-order valence-electron chi connectivity index (χ2n) is 4.50. The average Bonchev–Trinajstić information content (AvgIpc) is 2.16. The summed E-state index contributed by atoms with van der Waals surface area (Å²) in [6.45, 7) is 1.96. The van der Waals surface area contributed by atoms with Crippen molar-refractivity contribution in [2.75, 3.05) is 31.6 Å². The maximum Gasteiger partial charge on any atom is 0.237 e. The Morgan fingerprint density at radius 1 is 1.50 bits per heavy atom. The van der Waals surface area contributed by atoms with Crippen LogP contribution >= 0.6 is 0 Å². The molecule has 0 spiro atoms. The lowest BCUT2D eigenvalue weighted by Crippen LogP contribution is -2.42. The van der Waals surface area contributed by atoms with Crippen molar-refractivity contribution in [3.05, 3.63) is 0 Å². The molecule has 0 radical (unpaired) electrons. The average molecular weight is 248 g/mol. The van der Waals surface area contributed by atoms with Gasteiger partial charge in [0.05, 0.1) is 0 Å². The van der Waals surface area contributed by atoms with Gasteiger partial charge in [-0.15, -0.1) is 0 Å². The van der Waals surface area contributed by atoms with E-state index in [-0.39, 0.29) is 11.7 Å². The molecule has 1 rings (SSSR count). The van der Waals surface area contributed by atoms with E-state index < -0.39 is 9.84 Å². The first-order chi connectivity index (χ1) is 7.42. The molecule has 1 atom stereocenters. The molecule has 1 aliphatic rings. The lowest BCUT2D eigenvalue weighted by molar-refractivity contribution is -0.130. The molecule has 0 aliphatic carbocycles. The largest absolute Gasteiger partial charge is 0.342 e. The molecule has 16 heavy (non-hydrogen) atoms. The van der Waals surface area contributed by atoms with E-state index in [2.05, 4.69) is 0 Å². The number of nitrogens with zero attached hydrogens (tertiary/aromatic N) is 1. The number of hydrogen-bond acceptors (Lipinski definition) is 4. The molecule has 1 saturated heterocycles. The topological polar surface area (TPSA) is 80.5 Å². The van der Waals surface area contributed by atoms with Gasteiger partial charge in [0, 0.05) is 19.3 Å². The predicted octanol–water partition coefficient (Wildman–Crippen LogP) is -0.382. The minimum absolute atomic E-state index is 0.274. The molecule has 0 bridgehead atoms. The van der Waals surface area contributed by atoms with E-state index in [1.54, 1.807) is 4.90 Å². The molecule has 2 N–H and O–H groups in total. The standard InChI is InChI=1S/C10H20N2O3S/c1-16(14,15)8-10(13)12-6-2-3-9(7-12)4-5-11/h9H,2-8,11H2,1H3. The van der Waals surface area contributed by atoms with Gasteiger partial charge in [-0.1, -0.05) is 0 Å². The van der Waals surface area contributed by atoms with Crippen LogP contribution in [0.15, 0.2) is 0 Å². The van der Waals surface area contributed by atoms with Gasteiger partial charge in [-0.2, -0.15) is 0 Å². The molecule has 1 unspecified atom stereocenters. The van der Waals surface area contributed by atoms with Crippen LogP contribution in [0.2, 0.25) is 0 Å². The summed E-state index contributed by atoms with van der Waals surface area (Å²) < 4.78 is 22.0. The molecule has 0 aromatic rings. The number of amides is 1. The summed E-state index contributed by atoms with van der Waals surface area (Å²) in [5.41, 5.74) is 5.48. The highest BCUT2D eigenvalue weighted by Gasteiger charge is 2.24. The van der Waals surface area contributed by atoms with Gasteiger partial charge in [0.25, 0.3) is 0 Å². The Morgan fingerprint density at radius 3 is 2.75 bits per heavy atom. The summed E-state index contributed by atoms with van der Waals surface area (Å²) >= 11 is 0. The Morgan fingerprint density at radius 2 is 2.19 bits per heavy atom. The van der Waals surface area contributed by atoms with Crippen molar-refractivity contribution in [2.24, 2.45) is 11.7 Å². The van der Waals surface area contributed by atoms with Crippen molar-refractivity contribution in [2.45, 2.75) is 19.3 Å². The third kappa shape index (κ3) is 4.49. The van der Waals surface area contributed by atoms with Gasteiger partial charge < -0.3 is 10.6 Å². The van der Waals surface area contributed by atoms with E-state index in [0.29, 0.717) is 25.6 Å². The quantitative estimate of drug-likeness (QED) is 0.735. The number of carbonyl (C=O) groups excluding carboxylic acids is 1. The fourth-order valence-corrected chi connectivity index (χ4v) is 2.71. The Balaban J connectivity index is 2.50. The molecule has 1 amide bonds. The van der Waals surface area contributed by atoms with E-state index in [9.17, 15) is 13.2 Å². The molecule has 1 fully saturated rings. The molecule has 0 aromatic carbocycles. The molecule has 6 heteroatoms. The van der Waals surface area contributed by atoms with Crippen molar-refractivity contribution >= 4 is 15.7 Å². The maximum atomic E-state index is 11.7. The minimum Gasteiger partial charge on any atom is -0.342 e. The van der Waals surface area contributed by atoms with E-state index in [4.69, 9.17) is 5.73 Å². The van der Waals surface area contributed by atoms with Crippen molar-refractivity contribution in [3.63, 3.8) is 0 Å². The van der Waals surface area contributed by atoms with E-state index in [1.165, 1.54) is 0 Å². The summed E-state index contributed by atoms with van der Waals surface area (Å²) in [6.07, 6.45) is 4.02. The number of likely N-dealkylation sites (tertiary alicyclic amines) is 1. The molecule has 0 saturated carbocycles. The number of nitrogens with two attached hydrogens (primary N) is 1. The van der Waals surface area contributed by atoms with Gasteiger partial charge in [-0.25, -0.2) is 8.42 Å². The van der Waals surface area contributed by atoms with Crippen molar-refractivity contribution in [1.82, 2.24) is 4.90 Å². The highest BCUT2D eigenvalue weighted by molar-refractivity contribution is 7.91. The predicted molar refractivity (Wildman–Crippen MR) is 62.7 cm³/mol. The highest BCUT2D eigenvalue weighted by Crippen LogP contribution is 2.19. The first kappa shape index (κ1) is 13.4. The smallest absolute Gasteiger partial charge is 0.237 e. The summed E-state index contributed by atoms with van der Waals surface area (Å²) in [7, 11) is -3.22. The van der Waals surface area contributed by atoms with Gasteiger partial charge in [0.1, 0.15) is 5.75 Å². The van der Waals surface area contributed by atoms with Crippen molar-refractivity contribution < 1.29 is 13.2 Å². The molecule has 1 heterocycles. The summed E-state index contributed by atoms with van der Waals surface area (Å²) in [5.74, 6) is -0.214. The van der Waals surface area contributed by atoms with E-state index >= 15 is 0 Å². The first-order valence-corrected chi connectivity index (χ1v) is 7.64. The fraction of sp³-hybridized carbons (Fsp3) is 0.900. The Hall–Kier alpha value is -0.620. The summed E-state index contributed by atoms with van der Waals surface area (Å²) in [6, 6.07) is 0. The SMILES string of the molecule is CS(=O)(=O)CC(=O)N1CCCC(CCN)C1. The van der Waals surface area contributed by atoms with Crippen LogP contribution in [-0.4, -0.2) is 50.9 Å². The fourth-order valence-electron chi connectivity index (χ4n) is 2.08. The van der Waals surface area contributed by atoms with Crippen LogP contribution in [0.4, 0.5) is 0 Å². The molecule has 1 aliphatic heterocycles. The zero-order chi connectivity index (χ0) is 12.2. The molecular formula is C10H20N2O3S. The number of hydrogen-bond donors (Lipinski definition) is 1. The van der Waals surface area contributed by atoms with Gasteiger partial charge in [-0.05, 0) is 31.7 Å². The van der Waals surface area contributed by atoms with Crippen LogP contribution in [0.25, 0.3) is 0 Å². The van der Waals surface area contributed by atoms with E-state index in [0.717, 1.165) is 25.5 Å². The molecule has 5 nitrogen and oxygen atoms in total. The number of rotatable bonds is 4. The van der Waals surface area contributed by atoms with Crippen molar-refractivity contribution in [1.29, 1.82) is 0 Å².